The van der Waals surface area contributed by atoms with Crippen LogP contribution in [0.3, 0.4) is 0 Å². The molecule has 7 unspecified atom stereocenters. The molecule has 5 fully saturated rings. The van der Waals surface area contributed by atoms with Crippen LogP contribution in [0.25, 0.3) is 0 Å². The first-order chi connectivity index (χ1) is 6.79. The van der Waals surface area contributed by atoms with E-state index in [0.29, 0.717) is 12.0 Å². The normalized spacial score (nSPS) is 76.5. The van der Waals surface area contributed by atoms with Crippen LogP contribution in [0.4, 0.5) is 0 Å². The third-order valence-electron chi connectivity index (χ3n) is 5.07. The molecule has 5 saturated heterocycles. The van der Waals surface area contributed by atoms with Gasteiger partial charge in [0, 0.05) is 18.4 Å². The summed E-state index contributed by atoms with van der Waals surface area (Å²) >= 11 is 0. The Morgan fingerprint density at radius 1 is 1.36 bits per heavy atom. The minimum Gasteiger partial charge on any atom is -0.385 e. The highest BCUT2D eigenvalue weighted by molar-refractivity contribution is 5.25. The van der Waals surface area contributed by atoms with Crippen LogP contribution in [0, 0.1) is 5.92 Å². The van der Waals surface area contributed by atoms with E-state index in [1.807, 2.05) is 0 Å². The SMILES string of the molecule is O[C@@]12CC3OC1C1C3ON3C1CCC32. The Balaban J connectivity index is 1.81. The van der Waals surface area contributed by atoms with E-state index >= 15 is 0 Å². The first-order valence-electron chi connectivity index (χ1n) is 5.62. The number of piperidine rings is 1. The fraction of sp³-hybridized carbons (Fsp3) is 1.00. The van der Waals surface area contributed by atoms with Crippen molar-refractivity contribution in [3.63, 3.8) is 0 Å². The fourth-order valence-corrected chi connectivity index (χ4v) is 4.65. The molecule has 5 rings (SSSR count). The Labute approximate surface area is 81.7 Å². The molecule has 0 saturated carbocycles. The van der Waals surface area contributed by atoms with Crippen LogP contribution >= 0.6 is 0 Å². The molecule has 0 aromatic carbocycles. The molecule has 0 amide bonds. The van der Waals surface area contributed by atoms with Crippen LogP contribution in [-0.4, -0.2) is 46.2 Å². The first-order valence-corrected chi connectivity index (χ1v) is 5.62. The average Bonchev–Trinajstić information content (AvgIpc) is 2.75. The van der Waals surface area contributed by atoms with E-state index in [1.165, 1.54) is 6.42 Å². The Kier molecular flexibility index (Phi) is 0.909. The summed E-state index contributed by atoms with van der Waals surface area (Å²) in [6, 6.07) is 0.756. The second kappa shape index (κ2) is 1.78. The van der Waals surface area contributed by atoms with Gasteiger partial charge in [-0.1, -0.05) is 0 Å². The van der Waals surface area contributed by atoms with Gasteiger partial charge in [0.15, 0.2) is 0 Å². The summed E-state index contributed by atoms with van der Waals surface area (Å²) in [7, 11) is 0. The van der Waals surface area contributed by atoms with Crippen molar-refractivity contribution in [1.82, 2.24) is 5.06 Å². The van der Waals surface area contributed by atoms with E-state index in [0.717, 1.165) is 12.8 Å². The van der Waals surface area contributed by atoms with Gasteiger partial charge >= 0.3 is 0 Å². The monoisotopic (exact) mass is 195 g/mol. The third-order valence-corrected chi connectivity index (χ3v) is 5.07. The minimum absolute atomic E-state index is 0.0775. The van der Waals surface area contributed by atoms with Crippen molar-refractivity contribution in [2.45, 2.75) is 55.3 Å². The van der Waals surface area contributed by atoms with Gasteiger partial charge in [0.05, 0.1) is 18.2 Å². The molecule has 0 radical (unpaired) electrons. The largest absolute Gasteiger partial charge is 0.385 e. The molecule has 1 N–H and O–H groups in total. The van der Waals surface area contributed by atoms with Crippen LogP contribution in [0.2, 0.25) is 0 Å². The second-order valence-electron chi connectivity index (χ2n) is 5.46. The van der Waals surface area contributed by atoms with Gasteiger partial charge in [-0.2, -0.15) is 5.06 Å². The highest BCUT2D eigenvalue weighted by Gasteiger charge is 2.77. The summed E-state index contributed by atoms with van der Waals surface area (Å²) < 4.78 is 5.87. The van der Waals surface area contributed by atoms with E-state index in [9.17, 15) is 5.11 Å². The van der Waals surface area contributed by atoms with Gasteiger partial charge in [-0.15, -0.1) is 0 Å². The van der Waals surface area contributed by atoms with Crippen LogP contribution in [-0.2, 0) is 9.57 Å². The lowest BCUT2D eigenvalue weighted by molar-refractivity contribution is -0.230. The number of hydrogen-bond donors (Lipinski definition) is 1. The molecular formula is C10H13NO3. The van der Waals surface area contributed by atoms with Gasteiger partial charge < -0.3 is 9.84 Å². The maximum atomic E-state index is 10.6. The molecule has 4 nitrogen and oxygen atoms in total. The zero-order valence-corrected chi connectivity index (χ0v) is 7.80. The van der Waals surface area contributed by atoms with E-state index in [4.69, 9.17) is 9.57 Å². The zero-order valence-electron chi connectivity index (χ0n) is 7.80. The van der Waals surface area contributed by atoms with E-state index in [2.05, 4.69) is 5.06 Å². The Morgan fingerprint density at radius 3 is 3.21 bits per heavy atom. The molecule has 8 atom stereocenters. The highest BCUT2D eigenvalue weighted by Crippen LogP contribution is 2.62. The fourth-order valence-electron chi connectivity index (χ4n) is 4.65. The van der Waals surface area contributed by atoms with E-state index in [1.54, 1.807) is 0 Å². The van der Waals surface area contributed by atoms with Crippen molar-refractivity contribution in [2.75, 3.05) is 0 Å². The van der Waals surface area contributed by atoms with Gasteiger partial charge in [-0.25, -0.2) is 0 Å². The molecular weight excluding hydrogens is 182 g/mol. The summed E-state index contributed by atoms with van der Waals surface area (Å²) in [5.74, 6) is 0.456. The van der Waals surface area contributed by atoms with Gasteiger partial charge in [0.2, 0.25) is 0 Å². The number of aliphatic hydroxyl groups is 1. The van der Waals surface area contributed by atoms with Crippen molar-refractivity contribution in [3.8, 4) is 0 Å². The van der Waals surface area contributed by atoms with E-state index < -0.39 is 5.60 Å². The number of fused-ring (bicyclic) bond motifs is 3. The summed E-state index contributed by atoms with van der Waals surface area (Å²) in [6.45, 7) is 0. The summed E-state index contributed by atoms with van der Waals surface area (Å²) in [5.41, 5.74) is -0.588. The maximum absolute atomic E-state index is 10.6. The first kappa shape index (κ1) is 7.17. The number of hydrogen-bond acceptors (Lipinski definition) is 4. The maximum Gasteiger partial charge on any atom is 0.112 e. The predicted molar refractivity (Wildman–Crippen MR) is 45.2 cm³/mol. The van der Waals surface area contributed by atoms with Crippen molar-refractivity contribution in [2.24, 2.45) is 5.92 Å². The van der Waals surface area contributed by atoms with Crippen LogP contribution < -0.4 is 0 Å². The highest BCUT2D eigenvalue weighted by atomic mass is 16.7. The average molecular weight is 195 g/mol. The number of ether oxygens (including phenoxy) is 1. The summed E-state index contributed by atoms with van der Waals surface area (Å²) in [6.07, 6.45) is 3.57. The Bertz CT molecular complexity index is 329. The van der Waals surface area contributed by atoms with Crippen LogP contribution in [0.15, 0.2) is 0 Å². The van der Waals surface area contributed by atoms with Gasteiger partial charge in [-0.3, -0.25) is 4.84 Å². The van der Waals surface area contributed by atoms with Crippen LogP contribution in [0.1, 0.15) is 19.3 Å². The minimum atomic E-state index is -0.588. The molecule has 5 aliphatic rings. The molecule has 14 heavy (non-hydrogen) atoms. The van der Waals surface area contributed by atoms with Gasteiger partial charge in [0.1, 0.15) is 11.7 Å². The zero-order chi connectivity index (χ0) is 9.08. The number of rotatable bonds is 0. The molecule has 76 valence electrons. The molecule has 0 spiro atoms. The molecule has 0 aliphatic carbocycles. The summed E-state index contributed by atoms with van der Waals surface area (Å²) in [5, 5.41) is 12.8. The lowest BCUT2D eigenvalue weighted by atomic mass is 9.70. The Hall–Kier alpha value is -0.160. The Morgan fingerprint density at radius 2 is 2.29 bits per heavy atom. The number of hydroxylamine groups is 2. The van der Waals surface area contributed by atoms with Gasteiger partial charge in [-0.05, 0) is 12.8 Å². The number of nitrogens with zero attached hydrogens (tertiary/aromatic N) is 1. The molecule has 4 heteroatoms. The van der Waals surface area contributed by atoms with Crippen LogP contribution in [0.5, 0.6) is 0 Å². The van der Waals surface area contributed by atoms with E-state index in [-0.39, 0.29) is 24.4 Å². The lowest BCUT2D eigenvalue weighted by Gasteiger charge is -2.43. The summed E-state index contributed by atoms with van der Waals surface area (Å²) in [4.78, 5) is 5.93. The second-order valence-corrected chi connectivity index (χ2v) is 5.46. The van der Waals surface area contributed by atoms with Crippen molar-refractivity contribution < 1.29 is 14.7 Å². The standard InChI is InChI=1S/C10H13NO3/c12-10-3-5-8-7(9(10)13-5)4-1-2-6(10)11(4)14-8/h4-9,12H,1-3H2/t4?,5?,6?,7?,8?,9?,10-/m1/s1. The molecule has 5 aliphatic heterocycles. The topological polar surface area (TPSA) is 41.9 Å². The smallest absolute Gasteiger partial charge is 0.112 e. The molecule has 0 aromatic rings. The van der Waals surface area contributed by atoms with Crippen molar-refractivity contribution in [1.29, 1.82) is 0 Å². The molecule has 0 aromatic heterocycles. The predicted octanol–water partition coefficient (Wildman–Crippen LogP) is -0.335. The molecule has 5 heterocycles. The van der Waals surface area contributed by atoms with Crippen molar-refractivity contribution in [3.05, 3.63) is 0 Å². The molecule has 6 bridgehead atoms. The third kappa shape index (κ3) is 0.480. The lowest BCUT2D eigenvalue weighted by Crippen LogP contribution is -2.62. The van der Waals surface area contributed by atoms with Crippen molar-refractivity contribution >= 4 is 0 Å². The quantitative estimate of drug-likeness (QED) is 0.574. The van der Waals surface area contributed by atoms with Gasteiger partial charge in [0.25, 0.3) is 0 Å².